The van der Waals surface area contributed by atoms with E-state index in [-0.39, 0.29) is 40.4 Å². The van der Waals surface area contributed by atoms with Gasteiger partial charge in [0.15, 0.2) is 0 Å². The molecule has 28 heavy (non-hydrogen) atoms. The lowest BCUT2D eigenvalue weighted by atomic mass is 10.1. The maximum atomic E-state index is 14.5. The first-order chi connectivity index (χ1) is 13.2. The van der Waals surface area contributed by atoms with Crippen LogP contribution in [0.4, 0.5) is 14.5 Å². The zero-order valence-corrected chi connectivity index (χ0v) is 16.0. The average molecular weight is 428 g/mol. The molecule has 0 radical (unpaired) electrons. The molecule has 2 aromatic carbocycles. The van der Waals surface area contributed by atoms with Gasteiger partial charge in [0.05, 0.1) is 23.4 Å². The van der Waals surface area contributed by atoms with Gasteiger partial charge in [-0.25, -0.2) is 13.7 Å². The van der Waals surface area contributed by atoms with Gasteiger partial charge in [-0.1, -0.05) is 11.6 Å². The molecule has 1 unspecified atom stereocenters. The number of nitrogens with zero attached hydrogens (tertiary/aromatic N) is 1. The second-order valence-electron chi connectivity index (χ2n) is 5.95. The van der Waals surface area contributed by atoms with Crippen molar-refractivity contribution in [2.24, 2.45) is 0 Å². The summed E-state index contributed by atoms with van der Waals surface area (Å²) in [4.78, 5) is 37.5. The van der Waals surface area contributed by atoms with Crippen LogP contribution in [-0.4, -0.2) is 29.8 Å². The lowest BCUT2D eigenvalue weighted by Crippen LogP contribution is -2.30. The molecule has 146 valence electrons. The lowest BCUT2D eigenvalue weighted by molar-refractivity contribution is -0.142. The highest BCUT2D eigenvalue weighted by molar-refractivity contribution is 6.35. The largest absolute Gasteiger partial charge is 0.465 e. The predicted octanol–water partition coefficient (Wildman–Crippen LogP) is 4.13. The number of imide groups is 1. The van der Waals surface area contributed by atoms with E-state index in [0.29, 0.717) is 4.90 Å². The van der Waals surface area contributed by atoms with Gasteiger partial charge >= 0.3 is 5.97 Å². The van der Waals surface area contributed by atoms with Crippen LogP contribution in [0.2, 0.25) is 5.02 Å². The smallest absolute Gasteiger partial charge is 0.324 e. The van der Waals surface area contributed by atoms with Gasteiger partial charge in [-0.3, -0.25) is 14.4 Å². The molecule has 0 N–H and O–H groups in total. The van der Waals surface area contributed by atoms with Gasteiger partial charge in [0.25, 0.3) is 11.8 Å². The van der Waals surface area contributed by atoms with E-state index in [1.165, 1.54) is 6.07 Å². The number of hydrogen-bond donors (Lipinski definition) is 0. The molecule has 0 saturated heterocycles. The van der Waals surface area contributed by atoms with E-state index >= 15 is 0 Å². The quantitative estimate of drug-likeness (QED) is 0.408. The Morgan fingerprint density at radius 1 is 1.14 bits per heavy atom. The monoisotopic (exact) mass is 427 g/mol. The molecule has 2 aromatic rings. The number of amides is 2. The first-order valence-corrected chi connectivity index (χ1v) is 9.03. The number of carbonyl (C=O) groups excluding carboxylic acids is 3. The fraction of sp³-hybridized carbons (Fsp3) is 0.211. The average Bonchev–Trinajstić information content (AvgIpc) is 2.88. The van der Waals surface area contributed by atoms with Gasteiger partial charge in [0.2, 0.25) is 0 Å². The van der Waals surface area contributed by atoms with Crippen molar-refractivity contribution >= 4 is 46.7 Å². The molecule has 2 amide bonds. The van der Waals surface area contributed by atoms with E-state index in [0.717, 1.165) is 24.3 Å². The highest BCUT2D eigenvalue weighted by Crippen LogP contribution is 2.34. The van der Waals surface area contributed by atoms with E-state index in [1.807, 2.05) is 0 Å². The van der Waals surface area contributed by atoms with E-state index < -0.39 is 34.8 Å². The summed E-state index contributed by atoms with van der Waals surface area (Å²) in [6, 6.07) is 5.21. The van der Waals surface area contributed by atoms with Gasteiger partial charge in [0, 0.05) is 11.4 Å². The molecule has 0 aromatic heterocycles. The molecule has 9 heteroatoms. The Hall–Kier alpha value is -2.51. The highest BCUT2D eigenvalue weighted by atomic mass is 35.5. The number of carbonyl (C=O) groups is 3. The van der Waals surface area contributed by atoms with E-state index in [1.54, 1.807) is 6.92 Å². The predicted molar refractivity (Wildman–Crippen MR) is 98.9 cm³/mol. The standard InChI is InChI=1S/C19H13Cl2F2NO4/c1-2-28-19(27)14(21)5-9-6-16(15(23)8-13(9)20)24-17(25)11-4-3-10(22)7-12(11)18(24)26/h3-4,6-8,14H,2,5H2,1H3. The van der Waals surface area contributed by atoms with Crippen molar-refractivity contribution in [2.75, 3.05) is 11.5 Å². The summed E-state index contributed by atoms with van der Waals surface area (Å²) in [6.45, 7) is 1.76. The molecule has 3 rings (SSSR count). The summed E-state index contributed by atoms with van der Waals surface area (Å²) in [7, 11) is 0. The molecular formula is C19H13Cl2F2NO4. The SMILES string of the molecule is CCOC(=O)C(Cl)Cc1cc(N2C(=O)c3ccc(F)cc3C2=O)c(F)cc1Cl. The van der Waals surface area contributed by atoms with Crippen molar-refractivity contribution < 1.29 is 27.9 Å². The normalized spacial score (nSPS) is 14.2. The number of fused-ring (bicyclic) bond motifs is 1. The van der Waals surface area contributed by atoms with Gasteiger partial charge < -0.3 is 4.74 Å². The summed E-state index contributed by atoms with van der Waals surface area (Å²) in [5.41, 5.74) is -0.320. The first kappa shape index (κ1) is 20.2. The second-order valence-corrected chi connectivity index (χ2v) is 6.89. The number of halogens is 4. The van der Waals surface area contributed by atoms with Crippen LogP contribution in [0.15, 0.2) is 30.3 Å². The third-order valence-electron chi connectivity index (χ3n) is 4.15. The molecule has 0 aliphatic carbocycles. The maximum absolute atomic E-state index is 14.5. The van der Waals surface area contributed by atoms with Crippen LogP contribution in [0.25, 0.3) is 0 Å². The van der Waals surface area contributed by atoms with Gasteiger partial charge in [-0.15, -0.1) is 11.6 Å². The van der Waals surface area contributed by atoms with Crippen molar-refractivity contribution in [1.82, 2.24) is 0 Å². The molecule has 0 saturated carbocycles. The second kappa shape index (κ2) is 7.85. The zero-order chi connectivity index (χ0) is 20.6. The van der Waals surface area contributed by atoms with Crippen LogP contribution in [-0.2, 0) is 16.0 Å². The van der Waals surface area contributed by atoms with E-state index in [2.05, 4.69) is 0 Å². The number of rotatable bonds is 5. The molecule has 1 heterocycles. The molecule has 1 atom stereocenters. The number of anilines is 1. The highest BCUT2D eigenvalue weighted by Gasteiger charge is 2.38. The van der Waals surface area contributed by atoms with Gasteiger partial charge in [-0.05, 0) is 42.8 Å². The van der Waals surface area contributed by atoms with Crippen LogP contribution in [0.5, 0.6) is 0 Å². The summed E-state index contributed by atoms with van der Waals surface area (Å²) in [5.74, 6) is -3.95. The van der Waals surface area contributed by atoms with Crippen LogP contribution in [0.3, 0.4) is 0 Å². The minimum atomic E-state index is -1.09. The summed E-state index contributed by atoms with van der Waals surface area (Å²) < 4.78 is 32.8. The summed E-state index contributed by atoms with van der Waals surface area (Å²) in [6.07, 6.45) is -0.107. The van der Waals surface area contributed by atoms with Crippen molar-refractivity contribution in [1.29, 1.82) is 0 Å². The molecular weight excluding hydrogens is 415 g/mol. The van der Waals surface area contributed by atoms with E-state index in [9.17, 15) is 23.2 Å². The molecule has 0 spiro atoms. The third kappa shape index (κ3) is 3.59. The number of ether oxygens (including phenoxy) is 1. The number of benzene rings is 2. The van der Waals surface area contributed by atoms with E-state index in [4.69, 9.17) is 27.9 Å². The van der Waals surface area contributed by atoms with Crippen molar-refractivity contribution in [2.45, 2.75) is 18.7 Å². The van der Waals surface area contributed by atoms with Crippen molar-refractivity contribution in [3.8, 4) is 0 Å². The molecule has 5 nitrogen and oxygen atoms in total. The fourth-order valence-corrected chi connectivity index (χ4v) is 3.31. The molecule has 1 aliphatic rings. The van der Waals surface area contributed by atoms with Crippen molar-refractivity contribution in [3.05, 3.63) is 63.7 Å². The van der Waals surface area contributed by atoms with Crippen molar-refractivity contribution in [3.63, 3.8) is 0 Å². The lowest BCUT2D eigenvalue weighted by Gasteiger charge is -2.18. The molecule has 0 bridgehead atoms. The maximum Gasteiger partial charge on any atom is 0.324 e. The summed E-state index contributed by atoms with van der Waals surface area (Å²) >= 11 is 12.0. The Bertz CT molecular complexity index is 996. The number of alkyl halides is 1. The van der Waals surface area contributed by atoms with Gasteiger partial charge in [0.1, 0.15) is 17.0 Å². The van der Waals surface area contributed by atoms with Crippen LogP contribution in [0, 0.1) is 11.6 Å². The Kier molecular flexibility index (Phi) is 5.67. The Balaban J connectivity index is 1.98. The zero-order valence-electron chi connectivity index (χ0n) is 14.5. The third-order valence-corrected chi connectivity index (χ3v) is 4.83. The topological polar surface area (TPSA) is 63.7 Å². The van der Waals surface area contributed by atoms with Crippen LogP contribution < -0.4 is 4.90 Å². The Morgan fingerprint density at radius 3 is 2.50 bits per heavy atom. The van der Waals surface area contributed by atoms with Crippen LogP contribution >= 0.6 is 23.2 Å². The minimum Gasteiger partial charge on any atom is -0.465 e. The number of esters is 1. The number of hydrogen-bond acceptors (Lipinski definition) is 4. The van der Waals surface area contributed by atoms with Gasteiger partial charge in [-0.2, -0.15) is 0 Å². The Labute approximate surface area is 168 Å². The first-order valence-electron chi connectivity index (χ1n) is 8.21. The fourth-order valence-electron chi connectivity index (χ4n) is 2.85. The molecule has 1 aliphatic heterocycles. The minimum absolute atomic E-state index is 0.0288. The molecule has 0 fully saturated rings. The van der Waals surface area contributed by atoms with Crippen LogP contribution in [0.1, 0.15) is 33.2 Å². The summed E-state index contributed by atoms with van der Waals surface area (Å²) in [5, 5.41) is -1.12. The Morgan fingerprint density at radius 2 is 1.82 bits per heavy atom.